The average molecular weight is 491 g/mol. The molecule has 2 N–H and O–H groups in total. The minimum Gasteiger partial charge on any atom is -0.494 e. The number of hydrogen-bond acceptors (Lipinski definition) is 8. The largest absolute Gasteiger partial charge is 0.494 e. The molecule has 35 heavy (non-hydrogen) atoms. The molecule has 1 aliphatic rings. The van der Waals surface area contributed by atoms with E-state index in [1.54, 1.807) is 60.1 Å². The zero-order valence-electron chi connectivity index (χ0n) is 19.0. The third kappa shape index (κ3) is 3.62. The van der Waals surface area contributed by atoms with E-state index in [4.69, 9.17) is 9.84 Å². The van der Waals surface area contributed by atoms with E-state index >= 15 is 0 Å². The molecule has 178 valence electrons. The minimum atomic E-state index is -3.39. The molecule has 1 saturated carbocycles. The Hall–Kier alpha value is -4.19. The summed E-state index contributed by atoms with van der Waals surface area (Å²) in [6, 6.07) is 8.90. The lowest BCUT2D eigenvalue weighted by Gasteiger charge is -2.13. The normalized spacial score (nSPS) is 13.9. The molecule has 0 saturated heterocycles. The summed E-state index contributed by atoms with van der Waals surface area (Å²) in [4.78, 5) is 9.07. The van der Waals surface area contributed by atoms with E-state index in [0.717, 1.165) is 16.5 Å². The second-order valence-corrected chi connectivity index (χ2v) is 10.2. The molecule has 0 unspecified atom stereocenters. The Balaban J connectivity index is 1.48. The van der Waals surface area contributed by atoms with Crippen LogP contribution in [0.15, 0.2) is 55.1 Å². The maximum atomic E-state index is 12.4. The van der Waals surface area contributed by atoms with Crippen LogP contribution in [-0.2, 0) is 10.0 Å². The van der Waals surface area contributed by atoms with Crippen LogP contribution in [0.2, 0.25) is 0 Å². The molecule has 5 aromatic rings. The number of hydrogen-bond donors (Lipinski definition) is 2. The molecule has 4 heterocycles. The SMILES string of the molecule is CNc1nn(-c2ccc(NS(=O)(=O)C3CC3)cc2OC)c2cc(-c3cnn4cccnc34)ncc12. The van der Waals surface area contributed by atoms with Crippen LogP contribution in [0.5, 0.6) is 5.75 Å². The van der Waals surface area contributed by atoms with Gasteiger partial charge in [0.1, 0.15) is 11.4 Å². The average Bonchev–Trinajstić information content (AvgIpc) is 3.56. The lowest BCUT2D eigenvalue weighted by Crippen LogP contribution is -2.17. The Morgan fingerprint density at radius 2 is 2.00 bits per heavy atom. The molecule has 0 aliphatic heterocycles. The van der Waals surface area contributed by atoms with E-state index < -0.39 is 10.0 Å². The van der Waals surface area contributed by atoms with Crippen LogP contribution in [0, 0.1) is 0 Å². The maximum absolute atomic E-state index is 12.4. The van der Waals surface area contributed by atoms with E-state index in [-0.39, 0.29) is 5.25 Å². The quantitative estimate of drug-likeness (QED) is 0.356. The van der Waals surface area contributed by atoms with Gasteiger partial charge in [-0.05, 0) is 37.1 Å². The van der Waals surface area contributed by atoms with Gasteiger partial charge in [-0.1, -0.05) is 0 Å². The molecular weight excluding hydrogens is 468 g/mol. The van der Waals surface area contributed by atoms with E-state index in [2.05, 4.69) is 25.1 Å². The zero-order chi connectivity index (χ0) is 24.2. The van der Waals surface area contributed by atoms with Crippen LogP contribution in [0.25, 0.3) is 33.5 Å². The first-order valence-corrected chi connectivity index (χ1v) is 12.6. The van der Waals surface area contributed by atoms with E-state index in [0.29, 0.717) is 47.1 Å². The minimum absolute atomic E-state index is 0.318. The van der Waals surface area contributed by atoms with Crippen LogP contribution < -0.4 is 14.8 Å². The molecule has 6 rings (SSSR count). The van der Waals surface area contributed by atoms with Crippen LogP contribution in [-0.4, -0.2) is 57.2 Å². The molecule has 0 spiro atoms. The number of nitrogens with zero attached hydrogens (tertiary/aromatic N) is 6. The van der Waals surface area contributed by atoms with Crippen molar-refractivity contribution >= 4 is 38.1 Å². The predicted molar refractivity (Wildman–Crippen MR) is 133 cm³/mol. The highest BCUT2D eigenvalue weighted by atomic mass is 32.2. The summed E-state index contributed by atoms with van der Waals surface area (Å²) in [6.45, 7) is 0. The first-order chi connectivity index (χ1) is 17.0. The summed E-state index contributed by atoms with van der Waals surface area (Å²) in [5.74, 6) is 1.13. The highest BCUT2D eigenvalue weighted by Gasteiger charge is 2.35. The van der Waals surface area contributed by atoms with Crippen molar-refractivity contribution in [3.05, 3.63) is 55.1 Å². The first-order valence-electron chi connectivity index (χ1n) is 11.0. The highest BCUT2D eigenvalue weighted by molar-refractivity contribution is 7.93. The number of nitrogens with one attached hydrogen (secondary N) is 2. The number of ether oxygens (including phenoxy) is 1. The van der Waals surface area contributed by atoms with Gasteiger partial charge in [-0.15, -0.1) is 5.10 Å². The summed E-state index contributed by atoms with van der Waals surface area (Å²) in [5, 5.41) is 12.7. The van der Waals surface area contributed by atoms with Gasteiger partial charge in [0, 0.05) is 31.7 Å². The van der Waals surface area contributed by atoms with Crippen molar-refractivity contribution in [3.63, 3.8) is 0 Å². The number of fused-ring (bicyclic) bond motifs is 2. The topological polar surface area (TPSA) is 128 Å². The summed E-state index contributed by atoms with van der Waals surface area (Å²) in [6.07, 6.45) is 8.42. The summed E-state index contributed by atoms with van der Waals surface area (Å²) >= 11 is 0. The van der Waals surface area contributed by atoms with Crippen LogP contribution in [0.3, 0.4) is 0 Å². The van der Waals surface area contributed by atoms with Gasteiger partial charge in [0.2, 0.25) is 10.0 Å². The van der Waals surface area contributed by atoms with Crippen molar-refractivity contribution in [1.29, 1.82) is 0 Å². The first kappa shape index (κ1) is 21.4. The Labute approximate surface area is 200 Å². The molecule has 12 heteroatoms. The molecule has 1 aromatic carbocycles. The predicted octanol–water partition coefficient (Wildman–Crippen LogP) is 3.08. The number of anilines is 2. The zero-order valence-corrected chi connectivity index (χ0v) is 19.8. The molecule has 11 nitrogen and oxygen atoms in total. The fraction of sp³-hybridized carbons (Fsp3) is 0.217. The van der Waals surface area contributed by atoms with Crippen molar-refractivity contribution in [2.24, 2.45) is 0 Å². The molecule has 0 radical (unpaired) electrons. The number of sulfonamides is 1. The van der Waals surface area contributed by atoms with Gasteiger partial charge >= 0.3 is 0 Å². The summed E-state index contributed by atoms with van der Waals surface area (Å²) in [7, 11) is -0.0500. The molecular formula is C23H22N8O3S. The molecule has 0 atom stereocenters. The fourth-order valence-corrected chi connectivity index (χ4v) is 5.45. The van der Waals surface area contributed by atoms with Crippen LogP contribution >= 0.6 is 0 Å². The van der Waals surface area contributed by atoms with E-state index in [1.807, 2.05) is 18.3 Å². The molecule has 1 aliphatic carbocycles. The van der Waals surface area contributed by atoms with Gasteiger partial charge in [-0.2, -0.15) is 5.10 Å². The van der Waals surface area contributed by atoms with Crippen molar-refractivity contribution < 1.29 is 13.2 Å². The van der Waals surface area contributed by atoms with Crippen molar-refractivity contribution in [2.75, 3.05) is 24.2 Å². The van der Waals surface area contributed by atoms with Gasteiger partial charge < -0.3 is 10.1 Å². The number of benzene rings is 1. The fourth-order valence-electron chi connectivity index (χ4n) is 4.08. The van der Waals surface area contributed by atoms with Gasteiger partial charge in [0.25, 0.3) is 0 Å². The monoisotopic (exact) mass is 490 g/mol. The second kappa shape index (κ2) is 7.94. The standard InChI is InChI=1S/C23H22N8O3S/c1-24-22-17-12-26-18(16-13-27-30-9-3-8-25-23(16)30)11-20(17)31(28-22)19-7-4-14(10-21(19)34-2)29-35(32,33)15-5-6-15/h3-4,7-13,15,29H,5-6H2,1-2H3,(H,24,28). The maximum Gasteiger partial charge on any atom is 0.235 e. The number of pyridine rings is 1. The smallest absolute Gasteiger partial charge is 0.235 e. The number of rotatable bonds is 7. The Morgan fingerprint density at radius 3 is 2.77 bits per heavy atom. The van der Waals surface area contributed by atoms with E-state index in [1.165, 1.54) is 0 Å². The molecule has 4 aromatic heterocycles. The number of methoxy groups -OCH3 is 1. The Bertz CT molecular complexity index is 1690. The van der Waals surface area contributed by atoms with Gasteiger partial charge in [0.05, 0.1) is 46.4 Å². The van der Waals surface area contributed by atoms with Crippen molar-refractivity contribution in [2.45, 2.75) is 18.1 Å². The molecule has 1 fully saturated rings. The van der Waals surface area contributed by atoms with Gasteiger partial charge in [0.15, 0.2) is 11.5 Å². The third-order valence-corrected chi connectivity index (χ3v) is 7.86. The Kier molecular flexibility index (Phi) is 4.85. The van der Waals surface area contributed by atoms with Gasteiger partial charge in [-0.3, -0.25) is 9.71 Å². The van der Waals surface area contributed by atoms with Crippen molar-refractivity contribution in [3.8, 4) is 22.7 Å². The number of aromatic nitrogens is 6. The van der Waals surface area contributed by atoms with Gasteiger partial charge in [-0.25, -0.2) is 22.6 Å². The second-order valence-electron chi connectivity index (χ2n) is 8.28. The Morgan fingerprint density at radius 1 is 1.14 bits per heavy atom. The summed E-state index contributed by atoms with van der Waals surface area (Å²) in [5.41, 5.74) is 4.08. The van der Waals surface area contributed by atoms with Crippen LogP contribution in [0.1, 0.15) is 12.8 Å². The van der Waals surface area contributed by atoms with E-state index in [9.17, 15) is 8.42 Å². The lowest BCUT2D eigenvalue weighted by molar-refractivity contribution is 0.412. The highest BCUT2D eigenvalue weighted by Crippen LogP contribution is 2.35. The summed E-state index contributed by atoms with van der Waals surface area (Å²) < 4.78 is 36.5. The van der Waals surface area contributed by atoms with Crippen LogP contribution in [0.4, 0.5) is 11.5 Å². The molecule has 0 amide bonds. The third-order valence-electron chi connectivity index (χ3n) is 5.99. The lowest BCUT2D eigenvalue weighted by atomic mass is 10.2. The van der Waals surface area contributed by atoms with Crippen molar-refractivity contribution in [1.82, 2.24) is 29.4 Å². The molecule has 0 bridgehead atoms.